The average Bonchev–Trinajstić information content (AvgIpc) is 2.92. The molecule has 1 aliphatic heterocycles. The van der Waals surface area contributed by atoms with Crippen molar-refractivity contribution in [2.24, 2.45) is 0 Å². The van der Waals surface area contributed by atoms with Crippen molar-refractivity contribution in [3.05, 3.63) is 53.6 Å². The molecule has 2 aromatic heterocycles. The number of aryl methyl sites for hydroxylation is 1. The summed E-state index contributed by atoms with van der Waals surface area (Å²) in [6.07, 6.45) is 7.68. The van der Waals surface area contributed by atoms with Crippen molar-refractivity contribution in [2.75, 3.05) is 24.5 Å². The number of rotatable bonds is 5. The van der Waals surface area contributed by atoms with Gasteiger partial charge in [0.1, 0.15) is 17.3 Å². The molecule has 1 aromatic carbocycles. The smallest absolute Gasteiger partial charge is 0.270 e. The van der Waals surface area contributed by atoms with E-state index in [0.29, 0.717) is 18.1 Å². The van der Waals surface area contributed by atoms with Crippen molar-refractivity contribution in [2.45, 2.75) is 39.0 Å². The summed E-state index contributed by atoms with van der Waals surface area (Å²) >= 11 is 0. The number of carbonyl (C=O) groups excluding carboxylic acids is 1. The van der Waals surface area contributed by atoms with Crippen molar-refractivity contribution >= 4 is 22.6 Å². The first-order valence-electron chi connectivity index (χ1n) is 10.1. The molecule has 0 unspecified atom stereocenters. The number of carbonyl (C=O) groups is 1. The first kappa shape index (κ1) is 18.5. The molecule has 0 aliphatic carbocycles. The highest BCUT2D eigenvalue weighted by molar-refractivity contribution is 5.93. The van der Waals surface area contributed by atoms with E-state index < -0.39 is 0 Å². The second-order valence-corrected chi connectivity index (χ2v) is 7.43. The van der Waals surface area contributed by atoms with Gasteiger partial charge in [-0.25, -0.2) is 9.97 Å². The Labute approximate surface area is 165 Å². The summed E-state index contributed by atoms with van der Waals surface area (Å²) < 4.78 is 0. The Balaban J connectivity index is 1.41. The zero-order chi connectivity index (χ0) is 19.3. The number of hydrogen-bond donors (Lipinski definition) is 2. The summed E-state index contributed by atoms with van der Waals surface area (Å²) in [6, 6.07) is 10.0. The Hall–Kier alpha value is -2.89. The minimum Gasteiger partial charge on any atom is -0.361 e. The monoisotopic (exact) mass is 377 g/mol. The molecule has 0 spiro atoms. The summed E-state index contributed by atoms with van der Waals surface area (Å²) in [7, 11) is 0. The van der Waals surface area contributed by atoms with Gasteiger partial charge in [0.2, 0.25) is 0 Å². The molecule has 3 aromatic rings. The van der Waals surface area contributed by atoms with Gasteiger partial charge in [0.25, 0.3) is 5.91 Å². The molecule has 6 heteroatoms. The van der Waals surface area contributed by atoms with Gasteiger partial charge in [0.15, 0.2) is 0 Å². The third-order valence-electron chi connectivity index (χ3n) is 5.34. The molecule has 4 rings (SSSR count). The summed E-state index contributed by atoms with van der Waals surface area (Å²) in [5, 5.41) is 4.22. The fourth-order valence-corrected chi connectivity index (χ4v) is 3.87. The topological polar surface area (TPSA) is 73.9 Å². The third-order valence-corrected chi connectivity index (χ3v) is 5.34. The minimum absolute atomic E-state index is 0.138. The Morgan fingerprint density at radius 3 is 2.75 bits per heavy atom. The SMILES string of the molecule is Cc1nc(C(=O)NCCc2c[nH]c3ccccc23)cc(N2CCCCCC2)n1. The average molecular weight is 377 g/mol. The normalized spacial score (nSPS) is 14.8. The van der Waals surface area contributed by atoms with Crippen LogP contribution in [0.1, 0.15) is 47.6 Å². The van der Waals surface area contributed by atoms with Gasteiger partial charge in [-0.05, 0) is 37.8 Å². The van der Waals surface area contributed by atoms with Gasteiger partial charge < -0.3 is 15.2 Å². The molecule has 2 N–H and O–H groups in total. The predicted octanol–water partition coefficient (Wildman–Crippen LogP) is 3.62. The first-order chi connectivity index (χ1) is 13.7. The van der Waals surface area contributed by atoms with Crippen LogP contribution in [0.2, 0.25) is 0 Å². The van der Waals surface area contributed by atoms with E-state index in [1.807, 2.05) is 31.3 Å². The molecular formula is C22H27N5O. The lowest BCUT2D eigenvalue weighted by Gasteiger charge is -2.22. The van der Waals surface area contributed by atoms with Gasteiger partial charge in [0.05, 0.1) is 0 Å². The number of amides is 1. The van der Waals surface area contributed by atoms with Crippen LogP contribution in [0.3, 0.4) is 0 Å². The molecule has 6 nitrogen and oxygen atoms in total. The molecule has 1 amide bonds. The summed E-state index contributed by atoms with van der Waals surface area (Å²) in [5.74, 6) is 1.38. The number of aromatic amines is 1. The standard InChI is InChI=1S/C22H27N5O/c1-16-25-20(14-21(26-16)27-12-6-2-3-7-13-27)22(28)23-11-10-17-15-24-19-9-5-4-8-18(17)19/h4-5,8-9,14-15,24H,2-3,6-7,10-13H2,1H3,(H,23,28). The maximum absolute atomic E-state index is 12.7. The zero-order valence-corrected chi connectivity index (χ0v) is 16.4. The molecule has 1 aliphatic rings. The molecule has 146 valence electrons. The number of para-hydroxylation sites is 1. The lowest BCUT2D eigenvalue weighted by molar-refractivity contribution is 0.0949. The van der Waals surface area contributed by atoms with Crippen LogP contribution >= 0.6 is 0 Å². The number of anilines is 1. The first-order valence-corrected chi connectivity index (χ1v) is 10.1. The largest absolute Gasteiger partial charge is 0.361 e. The maximum atomic E-state index is 12.7. The van der Waals surface area contributed by atoms with E-state index in [9.17, 15) is 4.79 Å². The van der Waals surface area contributed by atoms with Gasteiger partial charge in [-0.2, -0.15) is 0 Å². The minimum atomic E-state index is -0.138. The van der Waals surface area contributed by atoms with Crippen LogP contribution < -0.4 is 10.2 Å². The quantitative estimate of drug-likeness (QED) is 0.712. The van der Waals surface area contributed by atoms with Crippen LogP contribution in [0.5, 0.6) is 0 Å². The number of nitrogens with one attached hydrogen (secondary N) is 2. The van der Waals surface area contributed by atoms with Crippen molar-refractivity contribution in [1.29, 1.82) is 0 Å². The van der Waals surface area contributed by atoms with Gasteiger partial charge in [-0.1, -0.05) is 31.0 Å². The fraction of sp³-hybridized carbons (Fsp3) is 0.409. The van der Waals surface area contributed by atoms with Gasteiger partial charge in [-0.3, -0.25) is 4.79 Å². The zero-order valence-electron chi connectivity index (χ0n) is 16.4. The number of H-pyrrole nitrogens is 1. The maximum Gasteiger partial charge on any atom is 0.270 e. The van der Waals surface area contributed by atoms with Crippen LogP contribution in [-0.4, -0.2) is 40.5 Å². The highest BCUT2D eigenvalue weighted by Crippen LogP contribution is 2.19. The van der Waals surface area contributed by atoms with Gasteiger partial charge >= 0.3 is 0 Å². The molecular weight excluding hydrogens is 350 g/mol. The number of aromatic nitrogens is 3. The van der Waals surface area contributed by atoms with E-state index in [4.69, 9.17) is 0 Å². The molecule has 3 heterocycles. The molecule has 28 heavy (non-hydrogen) atoms. The van der Waals surface area contributed by atoms with Crippen molar-refractivity contribution < 1.29 is 4.79 Å². The second-order valence-electron chi connectivity index (χ2n) is 7.43. The summed E-state index contributed by atoms with van der Waals surface area (Å²) in [6.45, 7) is 4.42. The Morgan fingerprint density at radius 2 is 1.93 bits per heavy atom. The van der Waals surface area contributed by atoms with Crippen molar-refractivity contribution in [3.63, 3.8) is 0 Å². The molecule has 0 saturated carbocycles. The van der Waals surface area contributed by atoms with Gasteiger partial charge in [0, 0.05) is 42.8 Å². The molecule has 1 saturated heterocycles. The van der Waals surface area contributed by atoms with E-state index in [1.165, 1.54) is 36.6 Å². The Kier molecular flexibility index (Phi) is 5.55. The molecule has 0 radical (unpaired) electrons. The van der Waals surface area contributed by atoms with E-state index in [0.717, 1.165) is 30.8 Å². The van der Waals surface area contributed by atoms with Crippen LogP contribution in [0.15, 0.2) is 36.5 Å². The lowest BCUT2D eigenvalue weighted by atomic mass is 10.1. The van der Waals surface area contributed by atoms with Crippen LogP contribution in [0, 0.1) is 6.92 Å². The van der Waals surface area contributed by atoms with Gasteiger partial charge in [-0.15, -0.1) is 0 Å². The highest BCUT2D eigenvalue weighted by Gasteiger charge is 2.16. The summed E-state index contributed by atoms with van der Waals surface area (Å²) in [4.78, 5) is 27.2. The molecule has 0 bridgehead atoms. The van der Waals surface area contributed by atoms with Crippen LogP contribution in [0.4, 0.5) is 5.82 Å². The Morgan fingerprint density at radius 1 is 1.14 bits per heavy atom. The van der Waals surface area contributed by atoms with E-state index in [-0.39, 0.29) is 5.91 Å². The molecule has 1 fully saturated rings. The number of nitrogens with zero attached hydrogens (tertiary/aromatic N) is 3. The third kappa shape index (κ3) is 4.16. The highest BCUT2D eigenvalue weighted by atomic mass is 16.1. The Bertz CT molecular complexity index is 956. The van der Waals surface area contributed by atoms with E-state index in [2.05, 4.69) is 37.3 Å². The second kappa shape index (κ2) is 8.42. The van der Waals surface area contributed by atoms with E-state index in [1.54, 1.807) is 0 Å². The van der Waals surface area contributed by atoms with Crippen molar-refractivity contribution in [3.8, 4) is 0 Å². The van der Waals surface area contributed by atoms with Crippen LogP contribution in [-0.2, 0) is 6.42 Å². The number of fused-ring (bicyclic) bond motifs is 1. The predicted molar refractivity (Wildman–Crippen MR) is 112 cm³/mol. The number of benzene rings is 1. The fourth-order valence-electron chi connectivity index (χ4n) is 3.87. The lowest BCUT2D eigenvalue weighted by Crippen LogP contribution is -2.29. The molecule has 0 atom stereocenters. The van der Waals surface area contributed by atoms with Crippen LogP contribution in [0.25, 0.3) is 10.9 Å². The number of hydrogen-bond acceptors (Lipinski definition) is 4. The van der Waals surface area contributed by atoms with Crippen molar-refractivity contribution in [1.82, 2.24) is 20.3 Å². The summed E-state index contributed by atoms with van der Waals surface area (Å²) in [5.41, 5.74) is 2.78. The van der Waals surface area contributed by atoms with E-state index >= 15 is 0 Å².